The molecule has 110 valence electrons. The Balaban J connectivity index is 2.26. The zero-order valence-corrected chi connectivity index (χ0v) is 10.7. The minimum Gasteiger partial charge on any atom is -0.358 e. The lowest BCUT2D eigenvalue weighted by atomic mass is 10.2. The van der Waals surface area contributed by atoms with Crippen molar-refractivity contribution in [1.29, 1.82) is 5.26 Å². The first-order valence-electron chi connectivity index (χ1n) is 5.79. The van der Waals surface area contributed by atoms with Crippen LogP contribution in [0.5, 0.6) is 0 Å². The maximum Gasteiger partial charge on any atom is 0.419 e. The summed E-state index contributed by atoms with van der Waals surface area (Å²) in [5.74, 6) is -0.967. The Morgan fingerprint density at radius 1 is 1.43 bits per heavy atom. The molecule has 1 unspecified atom stereocenters. The maximum absolute atomic E-state index is 12.6. The zero-order valence-electron chi connectivity index (χ0n) is 10.7. The Hall–Kier alpha value is -2.63. The molecule has 0 bridgehead atoms. The van der Waals surface area contributed by atoms with E-state index in [0.29, 0.717) is 6.07 Å². The van der Waals surface area contributed by atoms with Gasteiger partial charge in [-0.05, 0) is 12.1 Å². The number of nitrogens with one attached hydrogen (secondary N) is 1. The number of halogens is 3. The van der Waals surface area contributed by atoms with E-state index in [1.165, 1.54) is 13.1 Å². The van der Waals surface area contributed by atoms with Gasteiger partial charge in [0.1, 0.15) is 17.9 Å². The van der Waals surface area contributed by atoms with E-state index in [9.17, 15) is 22.8 Å². The number of hydrogen-bond acceptors (Lipinski definition) is 5. The number of nitriles is 1. The molecule has 6 nitrogen and oxygen atoms in total. The summed E-state index contributed by atoms with van der Waals surface area (Å²) in [7, 11) is 1.31. The lowest BCUT2D eigenvalue weighted by Gasteiger charge is -2.13. The lowest BCUT2D eigenvalue weighted by Crippen LogP contribution is -2.32. The van der Waals surface area contributed by atoms with Crippen molar-refractivity contribution in [1.82, 2.24) is 9.88 Å². The highest BCUT2D eigenvalue weighted by Crippen LogP contribution is 2.31. The predicted octanol–water partition coefficient (Wildman–Crippen LogP) is 1.14. The molecule has 0 radical (unpaired) electrons. The van der Waals surface area contributed by atoms with E-state index in [0.717, 1.165) is 11.0 Å². The average molecular weight is 298 g/mol. The molecule has 1 aromatic heterocycles. The maximum atomic E-state index is 12.6. The third-order valence-electron chi connectivity index (χ3n) is 3.01. The Labute approximate surface area is 117 Å². The number of hydrogen-bond donors (Lipinski definition) is 1. The van der Waals surface area contributed by atoms with Crippen molar-refractivity contribution in [3.8, 4) is 6.07 Å². The molecule has 1 fully saturated rings. The van der Waals surface area contributed by atoms with Gasteiger partial charge in [0.2, 0.25) is 5.91 Å². The standard InChI is InChI=1S/C12H9F3N4O2/c1-19-10(20)4-7(11(19)21)17-9-3-2-6(12(13,14)15)8(5-16)18-9/h2-3,7H,4H2,1H3,(H,17,18). The molecule has 1 atom stereocenters. The van der Waals surface area contributed by atoms with Gasteiger partial charge in [-0.2, -0.15) is 18.4 Å². The lowest BCUT2D eigenvalue weighted by molar-refractivity contribution is -0.138. The molecule has 1 N–H and O–H groups in total. The number of aromatic nitrogens is 1. The van der Waals surface area contributed by atoms with Gasteiger partial charge in [-0.1, -0.05) is 0 Å². The Morgan fingerprint density at radius 2 is 2.10 bits per heavy atom. The Kier molecular flexibility index (Phi) is 3.55. The smallest absolute Gasteiger partial charge is 0.358 e. The average Bonchev–Trinajstić information content (AvgIpc) is 2.65. The minimum absolute atomic E-state index is 0.0685. The first-order valence-corrected chi connectivity index (χ1v) is 5.79. The number of carbonyl (C=O) groups excluding carboxylic acids is 2. The first-order chi connectivity index (χ1) is 9.74. The highest BCUT2D eigenvalue weighted by molar-refractivity contribution is 6.06. The van der Waals surface area contributed by atoms with Gasteiger partial charge in [0, 0.05) is 7.05 Å². The zero-order chi connectivity index (χ0) is 15.8. The molecule has 1 saturated heterocycles. The largest absolute Gasteiger partial charge is 0.419 e. The van der Waals surface area contributed by atoms with Gasteiger partial charge in [0.25, 0.3) is 5.91 Å². The van der Waals surface area contributed by atoms with Gasteiger partial charge < -0.3 is 5.32 Å². The number of imide groups is 1. The van der Waals surface area contributed by atoms with E-state index in [1.807, 2.05) is 0 Å². The van der Waals surface area contributed by atoms with Crippen LogP contribution in [-0.2, 0) is 15.8 Å². The summed E-state index contributed by atoms with van der Waals surface area (Å²) >= 11 is 0. The molecule has 2 rings (SSSR count). The van der Waals surface area contributed by atoms with Gasteiger partial charge in [-0.3, -0.25) is 14.5 Å². The van der Waals surface area contributed by atoms with Crippen LogP contribution in [0, 0.1) is 11.3 Å². The summed E-state index contributed by atoms with van der Waals surface area (Å²) in [6, 6.07) is 2.19. The Bertz CT molecular complexity index is 651. The second kappa shape index (κ2) is 5.05. The van der Waals surface area contributed by atoms with Crippen molar-refractivity contribution in [3.63, 3.8) is 0 Å². The molecule has 2 amide bonds. The number of likely N-dealkylation sites (N-methyl/N-ethyl adjacent to an activating group) is 1. The van der Waals surface area contributed by atoms with E-state index >= 15 is 0 Å². The second-order valence-corrected chi connectivity index (χ2v) is 4.39. The van der Waals surface area contributed by atoms with Crippen LogP contribution < -0.4 is 5.32 Å². The molecule has 1 aromatic rings. The summed E-state index contributed by atoms with van der Waals surface area (Å²) in [6.07, 6.45) is -4.80. The molecule has 2 heterocycles. The van der Waals surface area contributed by atoms with Crippen molar-refractivity contribution in [2.24, 2.45) is 0 Å². The number of anilines is 1. The molecule has 1 aliphatic heterocycles. The fourth-order valence-corrected chi connectivity index (χ4v) is 1.90. The molecular formula is C12H9F3N4O2. The van der Waals surface area contributed by atoms with Crippen LogP contribution in [-0.4, -0.2) is 34.8 Å². The number of rotatable bonds is 2. The van der Waals surface area contributed by atoms with Gasteiger partial charge >= 0.3 is 6.18 Å². The van der Waals surface area contributed by atoms with Gasteiger partial charge in [-0.25, -0.2) is 4.98 Å². The van der Waals surface area contributed by atoms with Crippen molar-refractivity contribution in [3.05, 3.63) is 23.4 Å². The monoisotopic (exact) mass is 298 g/mol. The number of nitrogens with zero attached hydrogens (tertiary/aromatic N) is 3. The predicted molar refractivity (Wildman–Crippen MR) is 63.8 cm³/mol. The summed E-state index contributed by atoms with van der Waals surface area (Å²) in [5, 5.41) is 11.3. The summed E-state index contributed by atoms with van der Waals surface area (Å²) in [5.41, 5.74) is -1.95. The number of amides is 2. The minimum atomic E-state index is -4.68. The SMILES string of the molecule is CN1C(=O)CC(Nc2ccc(C(F)(F)F)c(C#N)n2)C1=O. The van der Waals surface area contributed by atoms with Crippen LogP contribution in [0.3, 0.4) is 0 Å². The third kappa shape index (κ3) is 2.79. The van der Waals surface area contributed by atoms with Gasteiger partial charge in [0.15, 0.2) is 5.69 Å². The second-order valence-electron chi connectivity index (χ2n) is 4.39. The van der Waals surface area contributed by atoms with Crippen molar-refractivity contribution >= 4 is 17.6 Å². The van der Waals surface area contributed by atoms with Crippen LogP contribution in [0.15, 0.2) is 12.1 Å². The molecule has 9 heteroatoms. The number of likely N-dealkylation sites (tertiary alicyclic amines) is 1. The van der Waals surface area contributed by atoms with E-state index in [4.69, 9.17) is 5.26 Å². The fourth-order valence-electron chi connectivity index (χ4n) is 1.90. The highest BCUT2D eigenvalue weighted by atomic mass is 19.4. The van der Waals surface area contributed by atoms with E-state index in [-0.39, 0.29) is 12.2 Å². The molecule has 0 aromatic carbocycles. The van der Waals surface area contributed by atoms with Crippen LogP contribution >= 0.6 is 0 Å². The number of alkyl halides is 3. The molecule has 21 heavy (non-hydrogen) atoms. The van der Waals surface area contributed by atoms with Crippen LogP contribution in [0.25, 0.3) is 0 Å². The van der Waals surface area contributed by atoms with Crippen LogP contribution in [0.4, 0.5) is 19.0 Å². The van der Waals surface area contributed by atoms with Gasteiger partial charge in [-0.15, -0.1) is 0 Å². The fraction of sp³-hybridized carbons (Fsp3) is 0.333. The van der Waals surface area contributed by atoms with Crippen molar-refractivity contribution in [2.75, 3.05) is 12.4 Å². The molecule has 1 aliphatic rings. The third-order valence-corrected chi connectivity index (χ3v) is 3.01. The van der Waals surface area contributed by atoms with Crippen molar-refractivity contribution in [2.45, 2.75) is 18.6 Å². The number of carbonyl (C=O) groups is 2. The quantitative estimate of drug-likeness (QED) is 0.827. The molecule has 0 aliphatic carbocycles. The van der Waals surface area contributed by atoms with Gasteiger partial charge in [0.05, 0.1) is 12.0 Å². The van der Waals surface area contributed by atoms with E-state index < -0.39 is 35.3 Å². The summed E-state index contributed by atoms with van der Waals surface area (Å²) in [4.78, 5) is 27.5. The summed E-state index contributed by atoms with van der Waals surface area (Å²) in [6.45, 7) is 0. The topological polar surface area (TPSA) is 86.1 Å². The van der Waals surface area contributed by atoms with Crippen molar-refractivity contribution < 1.29 is 22.8 Å². The normalized spacial score (nSPS) is 18.8. The van der Waals surface area contributed by atoms with Crippen LogP contribution in [0.2, 0.25) is 0 Å². The molecule has 0 spiro atoms. The molecule has 0 saturated carbocycles. The van der Waals surface area contributed by atoms with E-state index in [1.54, 1.807) is 0 Å². The Morgan fingerprint density at radius 3 is 2.57 bits per heavy atom. The highest BCUT2D eigenvalue weighted by Gasteiger charge is 2.37. The van der Waals surface area contributed by atoms with Crippen LogP contribution in [0.1, 0.15) is 17.7 Å². The first kappa shape index (κ1) is 14.8. The summed E-state index contributed by atoms with van der Waals surface area (Å²) < 4.78 is 37.9. The molecular weight excluding hydrogens is 289 g/mol. The number of pyridine rings is 1. The van der Waals surface area contributed by atoms with E-state index in [2.05, 4.69) is 10.3 Å².